The smallest absolute Gasteiger partial charge is 0.221 e. The number of hydrogen-bond acceptors (Lipinski definition) is 6. The third-order valence-electron chi connectivity index (χ3n) is 2.52. The molecule has 94 valence electrons. The zero-order valence-electron chi connectivity index (χ0n) is 8.91. The van der Waals surface area contributed by atoms with Crippen molar-refractivity contribution in [3.63, 3.8) is 0 Å². The predicted molar refractivity (Wildman–Crippen MR) is 52.2 cm³/mol. The van der Waals surface area contributed by atoms with E-state index in [9.17, 15) is 20.1 Å². The minimum absolute atomic E-state index is 0.186. The number of amides is 1. The summed E-state index contributed by atoms with van der Waals surface area (Å²) < 4.78 is 5.03. The highest BCUT2D eigenvalue weighted by Crippen LogP contribution is 2.22. The first-order valence-corrected chi connectivity index (χ1v) is 5.11. The monoisotopic (exact) mass is 235 g/mol. The first-order valence-electron chi connectivity index (χ1n) is 5.11. The maximum atomic E-state index is 11.0. The van der Waals surface area contributed by atoms with Crippen LogP contribution in [-0.4, -0.2) is 63.6 Å². The second-order valence-electron chi connectivity index (χ2n) is 3.67. The van der Waals surface area contributed by atoms with Crippen molar-refractivity contribution in [2.45, 2.75) is 44.0 Å². The lowest BCUT2D eigenvalue weighted by atomic mass is 10.1. The molecule has 1 aliphatic rings. The molecule has 0 aromatic heterocycles. The van der Waals surface area contributed by atoms with Crippen LogP contribution in [0, 0.1) is 0 Å². The average Bonchev–Trinajstić information content (AvgIpc) is 2.55. The van der Waals surface area contributed by atoms with E-state index in [-0.39, 0.29) is 6.42 Å². The van der Waals surface area contributed by atoms with Gasteiger partial charge in [-0.2, -0.15) is 0 Å². The second-order valence-corrected chi connectivity index (χ2v) is 3.67. The molecule has 1 amide bonds. The molecule has 0 aromatic carbocycles. The molecule has 0 saturated carbocycles. The first kappa shape index (κ1) is 13.3. The molecule has 7 heteroatoms. The van der Waals surface area contributed by atoms with Gasteiger partial charge in [-0.25, -0.2) is 0 Å². The summed E-state index contributed by atoms with van der Waals surface area (Å²) in [4.78, 5) is 11.0. The van der Waals surface area contributed by atoms with Gasteiger partial charge in [0.1, 0.15) is 24.4 Å². The van der Waals surface area contributed by atoms with Gasteiger partial charge in [-0.15, -0.1) is 0 Å². The number of carbonyl (C=O) groups is 1. The summed E-state index contributed by atoms with van der Waals surface area (Å²) in [5.74, 6) is -0.398. The molecule has 1 fully saturated rings. The summed E-state index contributed by atoms with van der Waals surface area (Å²) in [6, 6.07) is 0. The van der Waals surface area contributed by atoms with Gasteiger partial charge in [0, 0.05) is 6.42 Å². The van der Waals surface area contributed by atoms with Crippen LogP contribution in [0.25, 0.3) is 0 Å². The van der Waals surface area contributed by atoms with E-state index < -0.39 is 43.2 Å². The Kier molecular flexibility index (Phi) is 4.63. The van der Waals surface area contributed by atoms with Crippen molar-refractivity contribution in [2.75, 3.05) is 6.61 Å². The molecule has 5 N–H and O–H groups in total. The highest BCUT2D eigenvalue weighted by atomic mass is 16.6. The Bertz CT molecular complexity index is 248. The lowest BCUT2D eigenvalue weighted by Crippen LogP contribution is -2.48. The number of carbonyl (C=O) groups excluding carboxylic acids is 1. The van der Waals surface area contributed by atoms with Gasteiger partial charge in [-0.05, 0) is 0 Å². The van der Waals surface area contributed by atoms with Gasteiger partial charge in [-0.1, -0.05) is 6.92 Å². The molecule has 5 atom stereocenters. The van der Waals surface area contributed by atoms with Crippen LogP contribution in [0.3, 0.4) is 0 Å². The van der Waals surface area contributed by atoms with Crippen molar-refractivity contribution in [3.8, 4) is 0 Å². The van der Waals surface area contributed by atoms with E-state index in [2.05, 4.69) is 5.32 Å². The Morgan fingerprint density at radius 2 is 2.06 bits per heavy atom. The molecule has 0 radical (unpaired) electrons. The van der Waals surface area contributed by atoms with Crippen LogP contribution in [0.15, 0.2) is 0 Å². The van der Waals surface area contributed by atoms with Crippen molar-refractivity contribution < 1.29 is 30.0 Å². The van der Waals surface area contributed by atoms with Crippen LogP contribution < -0.4 is 5.32 Å². The van der Waals surface area contributed by atoms with Crippen LogP contribution in [-0.2, 0) is 9.53 Å². The van der Waals surface area contributed by atoms with Crippen LogP contribution in [0.1, 0.15) is 13.3 Å². The van der Waals surface area contributed by atoms with Crippen molar-refractivity contribution in [1.82, 2.24) is 5.32 Å². The Labute approximate surface area is 92.7 Å². The van der Waals surface area contributed by atoms with E-state index in [0.717, 1.165) is 0 Å². The number of rotatable bonds is 4. The molecule has 7 nitrogen and oxygen atoms in total. The molecular formula is C9H17NO6. The summed E-state index contributed by atoms with van der Waals surface area (Å²) in [5.41, 5.74) is 0. The van der Waals surface area contributed by atoms with Crippen molar-refractivity contribution in [3.05, 3.63) is 0 Å². The van der Waals surface area contributed by atoms with Gasteiger partial charge in [0.05, 0.1) is 6.61 Å². The second kappa shape index (κ2) is 5.55. The molecule has 1 rings (SSSR count). The Balaban J connectivity index is 2.57. The predicted octanol–water partition coefficient (Wildman–Crippen LogP) is -2.69. The van der Waals surface area contributed by atoms with Crippen molar-refractivity contribution >= 4 is 5.91 Å². The topological polar surface area (TPSA) is 119 Å². The van der Waals surface area contributed by atoms with E-state index in [1.54, 1.807) is 6.92 Å². The summed E-state index contributed by atoms with van der Waals surface area (Å²) in [7, 11) is 0. The fourth-order valence-corrected chi connectivity index (χ4v) is 1.54. The molecule has 1 aliphatic heterocycles. The fourth-order valence-electron chi connectivity index (χ4n) is 1.54. The summed E-state index contributed by atoms with van der Waals surface area (Å²) in [5, 5.41) is 39.5. The Hall–Kier alpha value is -0.730. The molecule has 1 saturated heterocycles. The minimum Gasteiger partial charge on any atom is -0.394 e. The maximum absolute atomic E-state index is 11.0. The van der Waals surface area contributed by atoms with Crippen LogP contribution in [0.5, 0.6) is 0 Å². The molecule has 16 heavy (non-hydrogen) atoms. The van der Waals surface area contributed by atoms with E-state index in [4.69, 9.17) is 9.84 Å². The van der Waals surface area contributed by atoms with Crippen LogP contribution in [0.2, 0.25) is 0 Å². The minimum atomic E-state index is -1.41. The lowest BCUT2D eigenvalue weighted by molar-refractivity contribution is -0.131. The van der Waals surface area contributed by atoms with E-state index in [1.165, 1.54) is 0 Å². The van der Waals surface area contributed by atoms with Crippen LogP contribution in [0.4, 0.5) is 0 Å². The molecule has 0 bridgehead atoms. The van der Waals surface area contributed by atoms with Gasteiger partial charge >= 0.3 is 0 Å². The molecule has 0 aliphatic carbocycles. The molecule has 0 aromatic rings. The number of nitrogens with one attached hydrogen (secondary N) is 1. The largest absolute Gasteiger partial charge is 0.394 e. The summed E-state index contributed by atoms with van der Waals surface area (Å²) >= 11 is 0. The molecule has 1 unspecified atom stereocenters. The molecular weight excluding hydrogens is 218 g/mol. The SMILES string of the molecule is CCC(=O)NC(O)[C@H]1O[C@H](CO)[C@@H](O)[C@@H]1O. The van der Waals surface area contributed by atoms with Crippen LogP contribution >= 0.6 is 0 Å². The quantitative estimate of drug-likeness (QED) is 0.339. The number of aliphatic hydroxyl groups excluding tert-OH is 4. The zero-order chi connectivity index (χ0) is 12.3. The molecule has 1 heterocycles. The summed E-state index contributed by atoms with van der Waals surface area (Å²) in [6.45, 7) is 1.14. The van der Waals surface area contributed by atoms with Gasteiger partial charge in [0.15, 0.2) is 6.23 Å². The van der Waals surface area contributed by atoms with Gasteiger partial charge in [0.2, 0.25) is 5.91 Å². The highest BCUT2D eigenvalue weighted by Gasteiger charge is 2.45. The summed E-state index contributed by atoms with van der Waals surface area (Å²) in [6.07, 6.45) is -5.93. The Morgan fingerprint density at radius 1 is 1.44 bits per heavy atom. The van der Waals surface area contributed by atoms with Gasteiger partial charge < -0.3 is 30.5 Å². The van der Waals surface area contributed by atoms with Crippen molar-refractivity contribution in [1.29, 1.82) is 0 Å². The normalized spacial score (nSPS) is 36.1. The zero-order valence-corrected chi connectivity index (χ0v) is 8.91. The maximum Gasteiger partial charge on any atom is 0.221 e. The van der Waals surface area contributed by atoms with Gasteiger partial charge in [-0.3, -0.25) is 4.79 Å². The van der Waals surface area contributed by atoms with Crippen molar-refractivity contribution in [2.24, 2.45) is 0 Å². The first-order chi connectivity index (χ1) is 7.51. The fraction of sp³-hybridized carbons (Fsp3) is 0.889. The van der Waals surface area contributed by atoms with E-state index >= 15 is 0 Å². The van der Waals surface area contributed by atoms with Gasteiger partial charge in [0.25, 0.3) is 0 Å². The number of ether oxygens (including phenoxy) is 1. The standard InChI is InChI=1S/C9H17NO6/c1-2-5(12)10-9(15)8-7(14)6(13)4(3-11)16-8/h4,6-9,11,13-15H,2-3H2,1H3,(H,10,12)/t4-,6-,7+,8+,9?/m1/s1. The Morgan fingerprint density at radius 3 is 2.50 bits per heavy atom. The molecule has 0 spiro atoms. The van der Waals surface area contributed by atoms with E-state index in [1.807, 2.05) is 0 Å². The number of hydrogen-bond donors (Lipinski definition) is 5. The third-order valence-corrected chi connectivity index (χ3v) is 2.52. The third kappa shape index (κ3) is 2.69. The number of aliphatic hydroxyl groups is 4. The van der Waals surface area contributed by atoms with E-state index in [0.29, 0.717) is 0 Å². The lowest BCUT2D eigenvalue weighted by Gasteiger charge is -2.21. The average molecular weight is 235 g/mol. The highest BCUT2D eigenvalue weighted by molar-refractivity contribution is 5.75.